The van der Waals surface area contributed by atoms with Crippen molar-refractivity contribution in [1.82, 2.24) is 4.57 Å². The number of sulfone groups is 1. The van der Waals surface area contributed by atoms with Crippen LogP contribution in [-0.4, -0.2) is 25.1 Å². The number of halogens is 1. The minimum Gasteiger partial charge on any atom is -0.310 e. The van der Waals surface area contributed by atoms with Gasteiger partial charge in [0.2, 0.25) is 0 Å². The highest BCUT2D eigenvalue weighted by Gasteiger charge is 2.13. The lowest BCUT2D eigenvalue weighted by Gasteiger charge is -2.02. The van der Waals surface area contributed by atoms with E-state index in [1.807, 2.05) is 0 Å². The number of para-hydroxylation sites is 1. The number of thiazole rings is 1. The van der Waals surface area contributed by atoms with Gasteiger partial charge < -0.3 is 4.57 Å². The average Bonchev–Trinajstić information content (AvgIpc) is 2.93. The molecule has 0 aliphatic carbocycles. The van der Waals surface area contributed by atoms with Gasteiger partial charge in [-0.3, -0.25) is 4.79 Å². The SMILES string of the molecule is C=CCn1c(=NC(=O)c2ccc(S(C)(=O)=O)cc2)sc2cccc(F)c21. The zero-order valence-electron chi connectivity index (χ0n) is 13.8. The fourth-order valence-electron chi connectivity index (χ4n) is 2.47. The lowest BCUT2D eigenvalue weighted by Crippen LogP contribution is -2.16. The van der Waals surface area contributed by atoms with E-state index in [4.69, 9.17) is 0 Å². The minimum absolute atomic E-state index is 0.125. The van der Waals surface area contributed by atoms with E-state index in [9.17, 15) is 17.6 Å². The average molecular weight is 390 g/mol. The van der Waals surface area contributed by atoms with E-state index in [-0.39, 0.29) is 10.5 Å². The molecule has 134 valence electrons. The normalized spacial score (nSPS) is 12.5. The molecule has 0 saturated carbocycles. The minimum atomic E-state index is -3.34. The maximum Gasteiger partial charge on any atom is 0.279 e. The zero-order valence-corrected chi connectivity index (χ0v) is 15.5. The third-order valence-electron chi connectivity index (χ3n) is 3.69. The maximum absolute atomic E-state index is 14.2. The number of benzene rings is 2. The molecule has 0 fully saturated rings. The predicted molar refractivity (Wildman–Crippen MR) is 99.4 cm³/mol. The third-order valence-corrected chi connectivity index (χ3v) is 5.86. The van der Waals surface area contributed by atoms with Gasteiger partial charge >= 0.3 is 0 Å². The molecule has 0 N–H and O–H groups in total. The van der Waals surface area contributed by atoms with Crippen molar-refractivity contribution in [1.29, 1.82) is 0 Å². The fraction of sp³-hybridized carbons (Fsp3) is 0.111. The van der Waals surface area contributed by atoms with Crippen molar-refractivity contribution in [2.24, 2.45) is 4.99 Å². The summed E-state index contributed by atoms with van der Waals surface area (Å²) in [6.07, 6.45) is 2.70. The smallest absolute Gasteiger partial charge is 0.279 e. The van der Waals surface area contributed by atoms with E-state index in [0.29, 0.717) is 21.6 Å². The van der Waals surface area contributed by atoms with Crippen LogP contribution in [0.15, 0.2) is 65.0 Å². The second-order valence-corrected chi connectivity index (χ2v) is 8.61. The van der Waals surface area contributed by atoms with Crippen molar-refractivity contribution in [3.63, 3.8) is 0 Å². The second-order valence-electron chi connectivity index (χ2n) is 5.58. The summed E-state index contributed by atoms with van der Waals surface area (Å²) in [7, 11) is -3.34. The van der Waals surface area contributed by atoms with Crippen molar-refractivity contribution in [3.8, 4) is 0 Å². The van der Waals surface area contributed by atoms with Crippen molar-refractivity contribution in [2.75, 3.05) is 6.26 Å². The largest absolute Gasteiger partial charge is 0.310 e. The summed E-state index contributed by atoms with van der Waals surface area (Å²) in [5.74, 6) is -0.929. The molecule has 2 aromatic carbocycles. The molecule has 3 rings (SSSR count). The topological polar surface area (TPSA) is 68.5 Å². The number of nitrogens with zero attached hydrogens (tertiary/aromatic N) is 2. The molecule has 0 atom stereocenters. The van der Waals surface area contributed by atoms with Gasteiger partial charge in [0.05, 0.1) is 15.1 Å². The van der Waals surface area contributed by atoms with E-state index < -0.39 is 21.6 Å². The lowest BCUT2D eigenvalue weighted by atomic mass is 10.2. The van der Waals surface area contributed by atoms with E-state index in [1.165, 1.54) is 41.7 Å². The summed E-state index contributed by atoms with van der Waals surface area (Å²) >= 11 is 1.20. The Morgan fingerprint density at radius 2 is 1.96 bits per heavy atom. The summed E-state index contributed by atoms with van der Waals surface area (Å²) in [6, 6.07) is 10.3. The Labute approximate surface area is 153 Å². The molecule has 0 bridgehead atoms. The van der Waals surface area contributed by atoms with Crippen LogP contribution in [-0.2, 0) is 16.4 Å². The van der Waals surface area contributed by atoms with Gasteiger partial charge in [-0.05, 0) is 36.4 Å². The number of hydrogen-bond donors (Lipinski definition) is 0. The number of aromatic nitrogens is 1. The zero-order chi connectivity index (χ0) is 18.9. The highest BCUT2D eigenvalue weighted by Crippen LogP contribution is 2.20. The molecule has 0 unspecified atom stereocenters. The Morgan fingerprint density at radius 3 is 2.58 bits per heavy atom. The van der Waals surface area contributed by atoms with Crippen LogP contribution >= 0.6 is 11.3 Å². The molecule has 1 aromatic heterocycles. The van der Waals surface area contributed by atoms with Gasteiger partial charge in [-0.15, -0.1) is 6.58 Å². The Bertz CT molecular complexity index is 1170. The number of carbonyl (C=O) groups is 1. The highest BCUT2D eigenvalue weighted by atomic mass is 32.2. The summed E-state index contributed by atoms with van der Waals surface area (Å²) < 4.78 is 39.4. The van der Waals surface area contributed by atoms with Crippen LogP contribution in [0.25, 0.3) is 10.2 Å². The van der Waals surface area contributed by atoms with Gasteiger partial charge in [0.1, 0.15) is 5.82 Å². The van der Waals surface area contributed by atoms with Crippen molar-refractivity contribution >= 4 is 37.3 Å². The molecule has 0 saturated heterocycles. The molecule has 0 aliphatic rings. The molecule has 1 amide bonds. The molecule has 8 heteroatoms. The first kappa shape index (κ1) is 18.2. The van der Waals surface area contributed by atoms with E-state index in [2.05, 4.69) is 11.6 Å². The van der Waals surface area contributed by atoms with Crippen LogP contribution in [0.5, 0.6) is 0 Å². The first-order chi connectivity index (χ1) is 12.3. The Balaban J connectivity index is 2.09. The maximum atomic E-state index is 14.2. The first-order valence-electron chi connectivity index (χ1n) is 7.59. The first-order valence-corrected chi connectivity index (χ1v) is 10.3. The highest BCUT2D eigenvalue weighted by molar-refractivity contribution is 7.90. The lowest BCUT2D eigenvalue weighted by molar-refractivity contribution is 0.0997. The molecular formula is C18H15FN2O3S2. The van der Waals surface area contributed by atoms with E-state index in [1.54, 1.807) is 22.8 Å². The van der Waals surface area contributed by atoms with Gasteiger partial charge in [-0.1, -0.05) is 23.5 Å². The number of rotatable bonds is 4. The van der Waals surface area contributed by atoms with Crippen LogP contribution in [0.1, 0.15) is 10.4 Å². The summed E-state index contributed by atoms with van der Waals surface area (Å²) in [5.41, 5.74) is 0.622. The standard InChI is InChI=1S/C18H15FN2O3S2/c1-3-11-21-16-14(19)5-4-6-15(16)25-18(21)20-17(22)12-7-9-13(10-8-12)26(2,23)24/h3-10H,1,11H2,2H3. The van der Waals surface area contributed by atoms with Crippen LogP contribution < -0.4 is 4.80 Å². The van der Waals surface area contributed by atoms with Gasteiger partial charge in [0.15, 0.2) is 14.6 Å². The fourth-order valence-corrected chi connectivity index (χ4v) is 4.15. The molecule has 3 aromatic rings. The van der Waals surface area contributed by atoms with Crippen molar-refractivity contribution < 1.29 is 17.6 Å². The van der Waals surface area contributed by atoms with Crippen molar-refractivity contribution in [3.05, 3.63) is 71.3 Å². The molecular weight excluding hydrogens is 375 g/mol. The van der Waals surface area contributed by atoms with Crippen LogP contribution in [0.4, 0.5) is 4.39 Å². The second kappa shape index (κ2) is 6.97. The third kappa shape index (κ3) is 3.51. The Kier molecular flexibility index (Phi) is 4.88. The molecule has 1 heterocycles. The molecule has 0 radical (unpaired) electrons. The number of amides is 1. The van der Waals surface area contributed by atoms with E-state index >= 15 is 0 Å². The Hall–Kier alpha value is -2.58. The number of carbonyl (C=O) groups excluding carboxylic acids is 1. The summed E-state index contributed by atoms with van der Waals surface area (Å²) in [4.78, 5) is 17.0. The van der Waals surface area contributed by atoms with E-state index in [0.717, 1.165) is 6.26 Å². The predicted octanol–water partition coefficient (Wildman–Crippen LogP) is 3.17. The summed E-state index contributed by atoms with van der Waals surface area (Å²) in [5, 5.41) is 0. The number of allylic oxidation sites excluding steroid dienone is 1. The quantitative estimate of drug-likeness (QED) is 0.643. The molecule has 5 nitrogen and oxygen atoms in total. The van der Waals surface area contributed by atoms with Gasteiger partial charge in [0, 0.05) is 18.4 Å². The number of fused-ring (bicyclic) bond motifs is 1. The van der Waals surface area contributed by atoms with Gasteiger partial charge in [0.25, 0.3) is 5.91 Å². The van der Waals surface area contributed by atoms with Gasteiger partial charge in [-0.2, -0.15) is 4.99 Å². The molecule has 26 heavy (non-hydrogen) atoms. The molecule has 0 spiro atoms. The van der Waals surface area contributed by atoms with Crippen LogP contribution in [0.3, 0.4) is 0 Å². The number of hydrogen-bond acceptors (Lipinski definition) is 4. The van der Waals surface area contributed by atoms with Crippen LogP contribution in [0, 0.1) is 5.82 Å². The monoisotopic (exact) mass is 390 g/mol. The van der Waals surface area contributed by atoms with Crippen molar-refractivity contribution in [2.45, 2.75) is 11.4 Å². The Morgan fingerprint density at radius 1 is 1.27 bits per heavy atom. The molecule has 0 aliphatic heterocycles. The summed E-state index contributed by atoms with van der Waals surface area (Å²) in [6.45, 7) is 3.97. The van der Waals surface area contributed by atoms with Crippen LogP contribution in [0.2, 0.25) is 0 Å². The van der Waals surface area contributed by atoms with Gasteiger partial charge in [-0.25, -0.2) is 12.8 Å².